The summed E-state index contributed by atoms with van der Waals surface area (Å²) in [6.07, 6.45) is 0. The van der Waals surface area contributed by atoms with Crippen LogP contribution in [-0.4, -0.2) is 4.98 Å². The Bertz CT molecular complexity index is 1110. The van der Waals surface area contributed by atoms with Crippen LogP contribution in [0.1, 0.15) is 26.3 Å². The van der Waals surface area contributed by atoms with Crippen LogP contribution >= 0.6 is 27.3 Å². The predicted octanol–water partition coefficient (Wildman–Crippen LogP) is 7.95. The van der Waals surface area contributed by atoms with Crippen LogP contribution in [0.4, 0.5) is 4.39 Å². The molecule has 0 radical (unpaired) electrons. The first-order valence-electron chi connectivity index (χ1n) is 8.95. The highest BCUT2D eigenvalue weighted by Crippen LogP contribution is 2.37. The van der Waals surface area contributed by atoms with E-state index < -0.39 is 0 Å². The molecule has 1 heterocycles. The van der Waals surface area contributed by atoms with Crippen molar-refractivity contribution in [1.29, 1.82) is 0 Å². The molecule has 0 bridgehead atoms. The van der Waals surface area contributed by atoms with E-state index in [1.54, 1.807) is 17.4 Å². The molecule has 0 spiro atoms. The van der Waals surface area contributed by atoms with Crippen molar-refractivity contribution in [2.75, 3.05) is 0 Å². The number of hydrogen-bond acceptors (Lipinski definition) is 3. The Hall–Kier alpha value is -2.24. The van der Waals surface area contributed by atoms with Crippen LogP contribution in [0, 0.1) is 5.82 Å². The molecule has 1 aromatic heterocycles. The number of benzene rings is 3. The van der Waals surface area contributed by atoms with Gasteiger partial charge in [-0.05, 0) is 75.4 Å². The topological polar surface area (TPSA) is 22.1 Å². The number of ether oxygens (including phenoxy) is 1. The molecule has 0 aliphatic heterocycles. The summed E-state index contributed by atoms with van der Waals surface area (Å²) in [5.74, 6) is 0.794. The zero-order valence-corrected chi connectivity index (χ0v) is 18.2. The Labute approximate surface area is 176 Å². The molecule has 0 aliphatic carbocycles. The van der Waals surface area contributed by atoms with Gasteiger partial charge in [0.15, 0.2) is 0 Å². The number of aromatic nitrogens is 1. The largest absolute Gasteiger partial charge is 0.456 e. The second kappa shape index (κ2) is 7.30. The summed E-state index contributed by atoms with van der Waals surface area (Å²) in [7, 11) is 0. The Morgan fingerprint density at radius 2 is 1.71 bits per heavy atom. The van der Waals surface area contributed by atoms with Gasteiger partial charge in [-0.1, -0.05) is 32.9 Å². The van der Waals surface area contributed by atoms with E-state index in [0.29, 0.717) is 16.0 Å². The van der Waals surface area contributed by atoms with Crippen molar-refractivity contribution in [2.24, 2.45) is 0 Å². The third kappa shape index (κ3) is 3.82. The van der Waals surface area contributed by atoms with Gasteiger partial charge in [0.1, 0.15) is 22.3 Å². The first-order chi connectivity index (χ1) is 13.3. The summed E-state index contributed by atoms with van der Waals surface area (Å²) in [5.41, 5.74) is 2.74. The molecule has 142 valence electrons. The molecule has 0 atom stereocenters. The Morgan fingerprint density at radius 1 is 1.00 bits per heavy atom. The van der Waals surface area contributed by atoms with Crippen molar-refractivity contribution in [2.45, 2.75) is 26.2 Å². The van der Waals surface area contributed by atoms with Crippen LogP contribution in [0.15, 0.2) is 65.1 Å². The zero-order chi connectivity index (χ0) is 19.9. The number of fused-ring (bicyclic) bond motifs is 1. The highest BCUT2D eigenvalue weighted by Gasteiger charge is 2.19. The van der Waals surface area contributed by atoms with Gasteiger partial charge in [0.2, 0.25) is 0 Å². The summed E-state index contributed by atoms with van der Waals surface area (Å²) in [5, 5.41) is 0.967. The van der Waals surface area contributed by atoms with Gasteiger partial charge in [-0.25, -0.2) is 9.37 Å². The fourth-order valence-corrected chi connectivity index (χ4v) is 4.14. The van der Waals surface area contributed by atoms with Crippen molar-refractivity contribution in [3.63, 3.8) is 0 Å². The number of para-hydroxylation sites is 1. The van der Waals surface area contributed by atoms with E-state index in [-0.39, 0.29) is 11.2 Å². The van der Waals surface area contributed by atoms with Gasteiger partial charge in [-0.2, -0.15) is 0 Å². The molecule has 0 aliphatic rings. The standard InChI is InChI=1S/C23H19BrFNOS/c1-23(2,3)15-12-17(25)21(24)19(13-15)27-16-10-8-14(9-11-16)22-26-18-6-4-5-7-20(18)28-22/h4-13H,1-3H3. The minimum Gasteiger partial charge on any atom is -0.456 e. The zero-order valence-electron chi connectivity index (χ0n) is 15.8. The molecule has 0 unspecified atom stereocenters. The second-order valence-corrected chi connectivity index (χ2v) is 9.46. The van der Waals surface area contributed by atoms with Gasteiger partial charge in [0, 0.05) is 5.56 Å². The smallest absolute Gasteiger partial charge is 0.144 e. The Balaban J connectivity index is 1.62. The maximum Gasteiger partial charge on any atom is 0.144 e. The number of halogens is 2. The highest BCUT2D eigenvalue weighted by molar-refractivity contribution is 9.10. The summed E-state index contributed by atoms with van der Waals surface area (Å²) in [6.45, 7) is 6.14. The van der Waals surface area contributed by atoms with Crippen molar-refractivity contribution in [3.8, 4) is 22.1 Å². The van der Waals surface area contributed by atoms with Gasteiger partial charge in [-0.3, -0.25) is 0 Å². The molecule has 0 N–H and O–H groups in total. The monoisotopic (exact) mass is 455 g/mol. The number of rotatable bonds is 3. The molecule has 28 heavy (non-hydrogen) atoms. The first kappa shape index (κ1) is 19.1. The minimum absolute atomic E-state index is 0.170. The lowest BCUT2D eigenvalue weighted by atomic mass is 9.87. The van der Waals surface area contributed by atoms with Crippen LogP contribution in [0.2, 0.25) is 0 Å². The van der Waals surface area contributed by atoms with Crippen LogP contribution in [0.3, 0.4) is 0 Å². The minimum atomic E-state index is -0.325. The molecule has 0 saturated heterocycles. The summed E-state index contributed by atoms with van der Waals surface area (Å²) in [6, 6.07) is 19.3. The predicted molar refractivity (Wildman–Crippen MR) is 118 cm³/mol. The molecule has 3 aromatic carbocycles. The molecule has 2 nitrogen and oxygen atoms in total. The van der Waals surface area contributed by atoms with E-state index in [4.69, 9.17) is 4.74 Å². The average Bonchev–Trinajstić information content (AvgIpc) is 3.09. The van der Waals surface area contributed by atoms with Crippen molar-refractivity contribution >= 4 is 37.5 Å². The van der Waals surface area contributed by atoms with E-state index in [2.05, 4.69) is 27.0 Å². The fraction of sp³-hybridized carbons (Fsp3) is 0.174. The van der Waals surface area contributed by atoms with Crippen molar-refractivity contribution in [1.82, 2.24) is 4.98 Å². The molecule has 0 fully saturated rings. The number of thiazole rings is 1. The Kier molecular flexibility index (Phi) is 4.98. The molecule has 0 saturated carbocycles. The molecule has 5 heteroatoms. The maximum absolute atomic E-state index is 14.3. The van der Waals surface area contributed by atoms with Gasteiger partial charge in [-0.15, -0.1) is 11.3 Å². The van der Waals surface area contributed by atoms with Gasteiger partial charge in [0.05, 0.1) is 14.7 Å². The van der Waals surface area contributed by atoms with Crippen LogP contribution in [0.5, 0.6) is 11.5 Å². The van der Waals surface area contributed by atoms with Gasteiger partial charge >= 0.3 is 0 Å². The highest BCUT2D eigenvalue weighted by atomic mass is 79.9. The molecule has 4 aromatic rings. The van der Waals surface area contributed by atoms with Crippen LogP contribution in [0.25, 0.3) is 20.8 Å². The third-order valence-electron chi connectivity index (χ3n) is 4.48. The average molecular weight is 456 g/mol. The van der Waals surface area contributed by atoms with Crippen LogP contribution in [-0.2, 0) is 5.41 Å². The summed E-state index contributed by atoms with van der Waals surface area (Å²) >= 11 is 4.96. The quantitative estimate of drug-likeness (QED) is 0.312. The van der Waals surface area contributed by atoms with Crippen molar-refractivity contribution in [3.05, 3.63) is 76.5 Å². The molecule has 0 amide bonds. The van der Waals surface area contributed by atoms with Crippen molar-refractivity contribution < 1.29 is 9.13 Å². The molecule has 4 rings (SSSR count). The number of nitrogens with zero attached hydrogens (tertiary/aromatic N) is 1. The third-order valence-corrected chi connectivity index (χ3v) is 6.34. The van der Waals surface area contributed by atoms with E-state index in [1.807, 2.05) is 69.3 Å². The summed E-state index contributed by atoms with van der Waals surface area (Å²) in [4.78, 5) is 4.68. The van der Waals surface area contributed by atoms with Gasteiger partial charge in [0.25, 0.3) is 0 Å². The Morgan fingerprint density at radius 3 is 2.39 bits per heavy atom. The SMILES string of the molecule is CC(C)(C)c1cc(F)c(Br)c(Oc2ccc(-c3nc4ccccc4s3)cc2)c1. The lowest BCUT2D eigenvalue weighted by molar-refractivity contribution is 0.466. The lowest BCUT2D eigenvalue weighted by Crippen LogP contribution is -2.11. The number of hydrogen-bond donors (Lipinski definition) is 0. The van der Waals surface area contributed by atoms with Gasteiger partial charge < -0.3 is 4.74 Å². The molecular formula is C23H19BrFNOS. The summed E-state index contributed by atoms with van der Waals surface area (Å²) < 4.78 is 21.8. The molecular weight excluding hydrogens is 437 g/mol. The fourth-order valence-electron chi connectivity index (χ4n) is 2.86. The van der Waals surface area contributed by atoms with E-state index in [1.165, 1.54) is 0 Å². The van der Waals surface area contributed by atoms with E-state index in [9.17, 15) is 4.39 Å². The van der Waals surface area contributed by atoms with E-state index >= 15 is 0 Å². The normalized spacial score (nSPS) is 11.8. The van der Waals surface area contributed by atoms with E-state index in [0.717, 1.165) is 26.4 Å². The maximum atomic E-state index is 14.3. The first-order valence-corrected chi connectivity index (χ1v) is 10.6. The van der Waals surface area contributed by atoms with Crippen LogP contribution < -0.4 is 4.74 Å². The lowest BCUT2D eigenvalue weighted by Gasteiger charge is -2.21. The second-order valence-electron chi connectivity index (χ2n) is 7.63.